The van der Waals surface area contributed by atoms with Crippen molar-refractivity contribution in [2.24, 2.45) is 11.1 Å². The van der Waals surface area contributed by atoms with Gasteiger partial charge >= 0.3 is 0 Å². The summed E-state index contributed by atoms with van der Waals surface area (Å²) in [7, 11) is 0. The fraction of sp³-hybridized carbons (Fsp3) is 0.417. The number of nitrogens with one attached hydrogen (secondary N) is 1. The number of hydrogen-bond acceptors (Lipinski definition) is 2. The lowest BCUT2D eigenvalue weighted by Gasteiger charge is -2.25. The van der Waals surface area contributed by atoms with Crippen LogP contribution in [0.15, 0.2) is 12.1 Å². The quantitative estimate of drug-likeness (QED) is 0.884. The minimum absolute atomic E-state index is 0.210. The molecule has 0 saturated carbocycles. The summed E-state index contributed by atoms with van der Waals surface area (Å²) in [6.07, 6.45) is 0.623. The van der Waals surface area contributed by atoms with Gasteiger partial charge in [-0.3, -0.25) is 4.79 Å². The zero-order valence-corrected chi connectivity index (χ0v) is 12.5. The van der Waals surface area contributed by atoms with Crippen molar-refractivity contribution in [3.8, 4) is 0 Å². The average Bonchev–Trinajstić information content (AvgIpc) is 2.32. The summed E-state index contributed by atoms with van der Waals surface area (Å²) >= 11 is 17.8. The molecule has 0 fully saturated rings. The standard InChI is InChI=1S/C12H15Cl3N2O/c1-3-12(2,6-16)11(18)17-10-8(14)4-7(13)5-9(10)15/h4-5H,3,6,16H2,1-2H3,(H,17,18). The zero-order valence-electron chi connectivity index (χ0n) is 10.2. The highest BCUT2D eigenvalue weighted by molar-refractivity contribution is 6.42. The van der Waals surface area contributed by atoms with Crippen LogP contribution in [0.3, 0.4) is 0 Å². The van der Waals surface area contributed by atoms with E-state index in [4.69, 9.17) is 40.5 Å². The summed E-state index contributed by atoms with van der Waals surface area (Å²) in [6, 6.07) is 3.05. The summed E-state index contributed by atoms with van der Waals surface area (Å²) in [6.45, 7) is 3.94. The second-order valence-corrected chi connectivity index (χ2v) is 5.57. The van der Waals surface area contributed by atoms with E-state index in [9.17, 15) is 4.79 Å². The van der Waals surface area contributed by atoms with E-state index in [-0.39, 0.29) is 12.5 Å². The summed E-state index contributed by atoms with van der Waals surface area (Å²) in [5.74, 6) is -0.210. The fourth-order valence-electron chi connectivity index (χ4n) is 1.32. The molecule has 1 atom stereocenters. The minimum atomic E-state index is -0.647. The molecule has 3 N–H and O–H groups in total. The molecule has 1 unspecified atom stereocenters. The molecule has 18 heavy (non-hydrogen) atoms. The Morgan fingerprint density at radius 2 is 1.83 bits per heavy atom. The number of benzene rings is 1. The molecular formula is C12H15Cl3N2O. The van der Waals surface area contributed by atoms with E-state index in [1.54, 1.807) is 6.92 Å². The predicted molar refractivity (Wildman–Crippen MR) is 77.6 cm³/mol. The Morgan fingerprint density at radius 3 is 2.22 bits per heavy atom. The van der Waals surface area contributed by atoms with Crippen molar-refractivity contribution >= 4 is 46.4 Å². The largest absolute Gasteiger partial charge is 0.329 e. The molecule has 100 valence electrons. The molecule has 0 saturated heterocycles. The van der Waals surface area contributed by atoms with E-state index in [1.165, 1.54) is 12.1 Å². The van der Waals surface area contributed by atoms with Gasteiger partial charge in [0.05, 0.1) is 21.1 Å². The van der Waals surface area contributed by atoms with E-state index in [2.05, 4.69) is 5.32 Å². The van der Waals surface area contributed by atoms with Crippen molar-refractivity contribution in [1.29, 1.82) is 0 Å². The summed E-state index contributed by atoms with van der Waals surface area (Å²) in [5, 5.41) is 3.73. The molecule has 0 aromatic heterocycles. The first-order valence-corrected chi connectivity index (χ1v) is 6.63. The Bertz CT molecular complexity index is 436. The van der Waals surface area contributed by atoms with Crippen LogP contribution in [0.25, 0.3) is 0 Å². The maximum absolute atomic E-state index is 12.1. The van der Waals surface area contributed by atoms with E-state index in [0.717, 1.165) is 0 Å². The van der Waals surface area contributed by atoms with Crippen LogP contribution in [0.5, 0.6) is 0 Å². The number of hydrogen-bond donors (Lipinski definition) is 2. The molecule has 0 heterocycles. The van der Waals surface area contributed by atoms with Crippen LogP contribution in [0.2, 0.25) is 15.1 Å². The lowest BCUT2D eigenvalue weighted by Crippen LogP contribution is -2.39. The van der Waals surface area contributed by atoms with Crippen LogP contribution in [-0.4, -0.2) is 12.5 Å². The molecule has 1 aromatic carbocycles. The second kappa shape index (κ2) is 6.11. The Balaban J connectivity index is 3.02. The van der Waals surface area contributed by atoms with Gasteiger partial charge in [-0.15, -0.1) is 0 Å². The number of carbonyl (C=O) groups excluding carboxylic acids is 1. The number of halogens is 3. The van der Waals surface area contributed by atoms with Gasteiger partial charge in [0.2, 0.25) is 5.91 Å². The van der Waals surface area contributed by atoms with Crippen molar-refractivity contribution in [2.45, 2.75) is 20.3 Å². The third-order valence-corrected chi connectivity index (χ3v) is 3.84. The van der Waals surface area contributed by atoms with Crippen LogP contribution in [0.1, 0.15) is 20.3 Å². The van der Waals surface area contributed by atoms with Gasteiger partial charge in [-0.25, -0.2) is 0 Å². The van der Waals surface area contributed by atoms with Crippen LogP contribution in [0, 0.1) is 5.41 Å². The van der Waals surface area contributed by atoms with Crippen molar-refractivity contribution in [3.05, 3.63) is 27.2 Å². The van der Waals surface area contributed by atoms with Crippen molar-refractivity contribution in [2.75, 3.05) is 11.9 Å². The zero-order chi connectivity index (χ0) is 13.9. The lowest BCUT2D eigenvalue weighted by atomic mass is 9.86. The van der Waals surface area contributed by atoms with Gasteiger partial charge in [-0.1, -0.05) is 41.7 Å². The normalized spacial score (nSPS) is 14.1. The number of anilines is 1. The molecule has 0 bridgehead atoms. The Morgan fingerprint density at radius 1 is 1.33 bits per heavy atom. The molecule has 6 heteroatoms. The van der Waals surface area contributed by atoms with E-state index >= 15 is 0 Å². The predicted octanol–water partition coefficient (Wildman–Crippen LogP) is 3.96. The monoisotopic (exact) mass is 308 g/mol. The first kappa shape index (κ1) is 15.6. The molecule has 0 aliphatic rings. The van der Waals surface area contributed by atoms with Gasteiger partial charge in [-0.05, 0) is 25.5 Å². The number of carbonyl (C=O) groups is 1. The molecule has 0 aliphatic carbocycles. The Labute approximate surface area is 122 Å². The third-order valence-electron chi connectivity index (χ3n) is 3.02. The van der Waals surface area contributed by atoms with Crippen LogP contribution in [-0.2, 0) is 4.79 Å². The van der Waals surface area contributed by atoms with E-state index in [0.29, 0.717) is 27.2 Å². The lowest BCUT2D eigenvalue weighted by molar-refractivity contribution is -0.124. The fourth-order valence-corrected chi connectivity index (χ4v) is 2.24. The highest BCUT2D eigenvalue weighted by Gasteiger charge is 2.30. The molecule has 0 spiro atoms. The van der Waals surface area contributed by atoms with Crippen molar-refractivity contribution < 1.29 is 4.79 Å². The van der Waals surface area contributed by atoms with Gasteiger partial charge in [0.25, 0.3) is 0 Å². The Hall–Kier alpha value is -0.480. The number of nitrogens with two attached hydrogens (primary N) is 1. The van der Waals surface area contributed by atoms with Gasteiger partial charge in [0.1, 0.15) is 0 Å². The third kappa shape index (κ3) is 3.29. The molecule has 1 amide bonds. The smallest absolute Gasteiger partial charge is 0.231 e. The highest BCUT2D eigenvalue weighted by Crippen LogP contribution is 2.35. The van der Waals surface area contributed by atoms with Crippen LogP contribution >= 0.6 is 34.8 Å². The molecule has 3 nitrogen and oxygen atoms in total. The SMILES string of the molecule is CCC(C)(CN)C(=O)Nc1c(Cl)cc(Cl)cc1Cl. The molecule has 1 aromatic rings. The summed E-state index contributed by atoms with van der Waals surface area (Å²) < 4.78 is 0. The molecule has 0 aliphatic heterocycles. The summed E-state index contributed by atoms with van der Waals surface area (Å²) in [5.41, 5.74) is 5.34. The van der Waals surface area contributed by atoms with Gasteiger partial charge in [-0.2, -0.15) is 0 Å². The average molecular weight is 310 g/mol. The van der Waals surface area contributed by atoms with Gasteiger partial charge < -0.3 is 11.1 Å². The van der Waals surface area contributed by atoms with Crippen molar-refractivity contribution in [3.63, 3.8) is 0 Å². The maximum Gasteiger partial charge on any atom is 0.231 e. The minimum Gasteiger partial charge on any atom is -0.329 e. The number of amides is 1. The Kier molecular flexibility index (Phi) is 5.29. The topological polar surface area (TPSA) is 55.1 Å². The first-order valence-electron chi connectivity index (χ1n) is 5.50. The van der Waals surface area contributed by atoms with Crippen molar-refractivity contribution in [1.82, 2.24) is 0 Å². The van der Waals surface area contributed by atoms with E-state index < -0.39 is 5.41 Å². The van der Waals surface area contributed by atoms with Crippen LogP contribution in [0.4, 0.5) is 5.69 Å². The van der Waals surface area contributed by atoms with E-state index in [1.807, 2.05) is 6.92 Å². The number of rotatable bonds is 4. The summed E-state index contributed by atoms with van der Waals surface area (Å²) in [4.78, 5) is 12.1. The maximum atomic E-state index is 12.1. The van der Waals surface area contributed by atoms with Crippen LogP contribution < -0.4 is 11.1 Å². The molecular weight excluding hydrogens is 295 g/mol. The second-order valence-electron chi connectivity index (χ2n) is 4.32. The molecule has 0 radical (unpaired) electrons. The van der Waals surface area contributed by atoms with Gasteiger partial charge in [0, 0.05) is 11.6 Å². The highest BCUT2D eigenvalue weighted by atomic mass is 35.5. The first-order chi connectivity index (χ1) is 8.34. The van der Waals surface area contributed by atoms with Gasteiger partial charge in [0.15, 0.2) is 0 Å². The molecule has 1 rings (SSSR count).